The van der Waals surface area contributed by atoms with Crippen LogP contribution in [0.3, 0.4) is 0 Å². The predicted molar refractivity (Wildman–Crippen MR) is 53.9 cm³/mol. The monoisotopic (exact) mass is 187 g/mol. The van der Waals surface area contributed by atoms with Gasteiger partial charge in [0.1, 0.15) is 0 Å². The van der Waals surface area contributed by atoms with Crippen LogP contribution >= 0.6 is 0 Å². The van der Waals surface area contributed by atoms with Gasteiger partial charge in [-0.15, -0.1) is 0 Å². The molecule has 0 aliphatic rings. The highest BCUT2D eigenvalue weighted by atomic mass is 16.2. The summed E-state index contributed by atoms with van der Waals surface area (Å²) in [7, 11) is 1.96. The maximum Gasteiger partial charge on any atom is 0.250 e. The highest BCUT2D eigenvalue weighted by Crippen LogP contribution is 2.09. The fraction of sp³-hybridized carbons (Fsp3) is 0.889. The fourth-order valence-electron chi connectivity index (χ4n) is 1.49. The lowest BCUT2D eigenvalue weighted by Gasteiger charge is -2.30. The molecule has 1 unspecified atom stereocenters. The second-order valence-electron chi connectivity index (χ2n) is 3.32. The van der Waals surface area contributed by atoms with Gasteiger partial charge in [0.05, 0.1) is 6.04 Å². The zero-order chi connectivity index (χ0) is 10.4. The molecule has 4 heteroatoms. The van der Waals surface area contributed by atoms with E-state index in [4.69, 9.17) is 5.84 Å². The molecule has 0 saturated heterocycles. The third-order valence-corrected chi connectivity index (χ3v) is 2.65. The molecule has 1 atom stereocenters. The molecule has 0 spiro atoms. The van der Waals surface area contributed by atoms with E-state index in [1.54, 1.807) is 0 Å². The molecule has 3 N–H and O–H groups in total. The Bertz CT molecular complexity index is 157. The van der Waals surface area contributed by atoms with Crippen molar-refractivity contribution in [2.45, 2.75) is 45.7 Å². The minimum absolute atomic E-state index is 0.130. The highest BCUT2D eigenvalue weighted by Gasteiger charge is 2.21. The summed E-state index contributed by atoms with van der Waals surface area (Å²) in [5, 5.41) is 0. The van der Waals surface area contributed by atoms with Crippen LogP contribution in [0.4, 0.5) is 0 Å². The smallest absolute Gasteiger partial charge is 0.250 e. The van der Waals surface area contributed by atoms with Crippen molar-refractivity contribution in [3.8, 4) is 0 Å². The Balaban J connectivity index is 4.21. The molecule has 0 heterocycles. The van der Waals surface area contributed by atoms with E-state index in [-0.39, 0.29) is 11.9 Å². The summed E-state index contributed by atoms with van der Waals surface area (Å²) in [5.74, 6) is 4.94. The summed E-state index contributed by atoms with van der Waals surface area (Å²) in [4.78, 5) is 13.3. The number of hydrogen-bond acceptors (Lipinski definition) is 3. The molecular formula is C9H21N3O. The predicted octanol–water partition coefficient (Wildman–Crippen LogP) is 0.485. The van der Waals surface area contributed by atoms with Crippen molar-refractivity contribution >= 4 is 5.91 Å². The average molecular weight is 187 g/mol. The van der Waals surface area contributed by atoms with Crippen molar-refractivity contribution < 1.29 is 4.79 Å². The lowest BCUT2D eigenvalue weighted by Crippen LogP contribution is -2.49. The van der Waals surface area contributed by atoms with Gasteiger partial charge in [0.2, 0.25) is 0 Å². The number of carbonyl (C=O) groups excluding carboxylic acids is 1. The lowest BCUT2D eigenvalue weighted by molar-refractivity contribution is -0.126. The molecule has 0 rings (SSSR count). The molecule has 0 aromatic carbocycles. The second-order valence-corrected chi connectivity index (χ2v) is 3.32. The molecule has 0 bridgehead atoms. The molecule has 1 amide bonds. The van der Waals surface area contributed by atoms with Gasteiger partial charge in [-0.25, -0.2) is 5.84 Å². The van der Waals surface area contributed by atoms with Crippen LogP contribution in [0.15, 0.2) is 0 Å². The summed E-state index contributed by atoms with van der Waals surface area (Å²) in [5.41, 5.74) is 2.17. The van der Waals surface area contributed by atoms with Crippen molar-refractivity contribution in [2.75, 3.05) is 7.05 Å². The zero-order valence-corrected chi connectivity index (χ0v) is 9.00. The number of likely N-dealkylation sites (N-methyl/N-ethyl adjacent to an activating group) is 1. The van der Waals surface area contributed by atoms with Gasteiger partial charge in [0.15, 0.2) is 0 Å². The zero-order valence-electron chi connectivity index (χ0n) is 9.00. The van der Waals surface area contributed by atoms with Crippen molar-refractivity contribution in [3.05, 3.63) is 0 Å². The number of hydrogen-bond donors (Lipinski definition) is 2. The lowest BCUT2D eigenvalue weighted by atomic mass is 10.1. The highest BCUT2D eigenvalue weighted by molar-refractivity contribution is 5.80. The van der Waals surface area contributed by atoms with Crippen molar-refractivity contribution in [1.29, 1.82) is 0 Å². The van der Waals surface area contributed by atoms with E-state index in [0.29, 0.717) is 6.04 Å². The van der Waals surface area contributed by atoms with Gasteiger partial charge in [-0.05, 0) is 26.8 Å². The van der Waals surface area contributed by atoms with Crippen LogP contribution in [-0.2, 0) is 4.79 Å². The molecule has 0 aliphatic heterocycles. The molecule has 0 fully saturated rings. The quantitative estimate of drug-likeness (QED) is 0.374. The Morgan fingerprint density at radius 3 is 2.23 bits per heavy atom. The van der Waals surface area contributed by atoms with Crippen LogP contribution in [0.1, 0.15) is 33.6 Å². The van der Waals surface area contributed by atoms with Crippen LogP contribution in [0.5, 0.6) is 0 Å². The largest absolute Gasteiger partial charge is 0.293 e. The van der Waals surface area contributed by atoms with Crippen LogP contribution in [-0.4, -0.2) is 29.9 Å². The molecule has 0 aromatic heterocycles. The van der Waals surface area contributed by atoms with Gasteiger partial charge in [0, 0.05) is 6.04 Å². The van der Waals surface area contributed by atoms with Crippen molar-refractivity contribution in [1.82, 2.24) is 10.3 Å². The molecular weight excluding hydrogens is 166 g/mol. The maximum atomic E-state index is 11.2. The number of amides is 1. The van der Waals surface area contributed by atoms with Crippen LogP contribution in [0, 0.1) is 0 Å². The van der Waals surface area contributed by atoms with Gasteiger partial charge < -0.3 is 0 Å². The molecule has 0 aromatic rings. The summed E-state index contributed by atoms with van der Waals surface area (Å²) in [6, 6.07) is 0.294. The van der Waals surface area contributed by atoms with E-state index in [1.807, 2.05) is 14.0 Å². The third-order valence-electron chi connectivity index (χ3n) is 2.65. The minimum Gasteiger partial charge on any atom is -0.293 e. The van der Waals surface area contributed by atoms with Gasteiger partial charge in [-0.3, -0.25) is 15.1 Å². The summed E-state index contributed by atoms with van der Waals surface area (Å²) < 4.78 is 0. The molecule has 4 nitrogen and oxygen atoms in total. The summed E-state index contributed by atoms with van der Waals surface area (Å²) in [6.07, 6.45) is 2.10. The minimum atomic E-state index is -0.158. The Morgan fingerprint density at radius 1 is 1.46 bits per heavy atom. The van der Waals surface area contributed by atoms with Crippen molar-refractivity contribution in [2.24, 2.45) is 5.84 Å². The van der Waals surface area contributed by atoms with Gasteiger partial charge in [-0.1, -0.05) is 13.8 Å². The average Bonchev–Trinajstić information content (AvgIpc) is 2.17. The van der Waals surface area contributed by atoms with E-state index in [9.17, 15) is 4.79 Å². The summed E-state index contributed by atoms with van der Waals surface area (Å²) >= 11 is 0. The number of rotatable bonds is 5. The van der Waals surface area contributed by atoms with Crippen LogP contribution in [0.25, 0.3) is 0 Å². The van der Waals surface area contributed by atoms with Crippen LogP contribution < -0.4 is 11.3 Å². The van der Waals surface area contributed by atoms with Crippen molar-refractivity contribution in [3.63, 3.8) is 0 Å². The Labute approximate surface area is 80.4 Å². The van der Waals surface area contributed by atoms with E-state index in [2.05, 4.69) is 24.2 Å². The van der Waals surface area contributed by atoms with E-state index >= 15 is 0 Å². The topological polar surface area (TPSA) is 58.4 Å². The van der Waals surface area contributed by atoms with E-state index in [0.717, 1.165) is 12.8 Å². The molecule has 0 aliphatic carbocycles. The molecule has 0 saturated carbocycles. The van der Waals surface area contributed by atoms with Gasteiger partial charge in [-0.2, -0.15) is 0 Å². The fourth-order valence-corrected chi connectivity index (χ4v) is 1.49. The first kappa shape index (κ1) is 12.4. The molecule has 78 valence electrons. The summed E-state index contributed by atoms with van der Waals surface area (Å²) in [6.45, 7) is 6.11. The van der Waals surface area contributed by atoms with E-state index in [1.165, 1.54) is 0 Å². The first-order chi connectivity index (χ1) is 6.08. The Hall–Kier alpha value is -0.610. The molecule has 0 radical (unpaired) electrons. The number of hydrazine groups is 1. The standard InChI is InChI=1S/C9H21N3O/c1-5-8(6-2)12(4)7(3)9(13)11-10/h7-8H,5-6,10H2,1-4H3,(H,11,13). The van der Waals surface area contributed by atoms with E-state index < -0.39 is 0 Å². The number of nitrogens with one attached hydrogen (secondary N) is 1. The Kier molecular flexibility index (Phi) is 5.66. The second kappa shape index (κ2) is 5.94. The first-order valence-corrected chi connectivity index (χ1v) is 4.80. The first-order valence-electron chi connectivity index (χ1n) is 4.80. The van der Waals surface area contributed by atoms with Gasteiger partial charge in [0.25, 0.3) is 5.91 Å². The number of nitrogens with two attached hydrogens (primary N) is 1. The third kappa shape index (κ3) is 3.32. The maximum absolute atomic E-state index is 11.2. The number of nitrogens with zero attached hydrogens (tertiary/aromatic N) is 1. The SMILES string of the molecule is CCC(CC)N(C)C(C)C(=O)NN. The van der Waals surface area contributed by atoms with Gasteiger partial charge >= 0.3 is 0 Å². The molecule has 13 heavy (non-hydrogen) atoms. The Morgan fingerprint density at radius 2 is 1.92 bits per heavy atom. The normalized spacial score (nSPS) is 13.5. The van der Waals surface area contributed by atoms with Crippen LogP contribution in [0.2, 0.25) is 0 Å². The number of carbonyl (C=O) groups is 1.